The van der Waals surface area contributed by atoms with Crippen molar-refractivity contribution < 1.29 is 4.79 Å². The fraction of sp³-hybridized carbons (Fsp3) is 0.562. The highest BCUT2D eigenvalue weighted by atomic mass is 16.1. The molecule has 1 aliphatic carbocycles. The monoisotopic (exact) mass is 232 g/mol. The van der Waals surface area contributed by atoms with Gasteiger partial charge in [-0.05, 0) is 25.3 Å². The third-order valence-electron chi connectivity index (χ3n) is 4.12. The minimum absolute atomic E-state index is 0.0608. The van der Waals surface area contributed by atoms with Gasteiger partial charge in [0.05, 0.1) is 0 Å². The molecule has 0 heterocycles. The van der Waals surface area contributed by atoms with Gasteiger partial charge < -0.3 is 0 Å². The molecule has 94 valence electrons. The van der Waals surface area contributed by atoms with E-state index in [2.05, 4.69) is 45.9 Å². The van der Waals surface area contributed by atoms with Crippen LogP contribution in [0.1, 0.15) is 41.0 Å². The predicted molar refractivity (Wildman–Crippen MR) is 73.8 cm³/mol. The smallest absolute Gasteiger partial charge is 0.159 e. The summed E-state index contributed by atoms with van der Waals surface area (Å²) in [6.07, 6.45) is 11.4. The summed E-state index contributed by atoms with van der Waals surface area (Å²) in [7, 11) is 0. The second-order valence-corrected chi connectivity index (χ2v) is 5.33. The summed E-state index contributed by atoms with van der Waals surface area (Å²) in [4.78, 5) is 11.8. The Hall–Kier alpha value is -1.11. The number of hydrogen-bond acceptors (Lipinski definition) is 1. The number of allylic oxidation sites excluding steroid dienone is 6. The summed E-state index contributed by atoms with van der Waals surface area (Å²) < 4.78 is 0. The molecule has 1 rings (SSSR count). The first-order valence-corrected chi connectivity index (χ1v) is 6.49. The van der Waals surface area contributed by atoms with Gasteiger partial charge in [0.15, 0.2) is 5.78 Å². The van der Waals surface area contributed by atoms with Crippen molar-refractivity contribution in [2.45, 2.75) is 41.0 Å². The molecule has 0 aliphatic heterocycles. The summed E-state index contributed by atoms with van der Waals surface area (Å²) in [6, 6.07) is 0. The molecular formula is C16H24O. The number of rotatable bonds is 3. The lowest BCUT2D eigenvalue weighted by Gasteiger charge is -2.38. The Morgan fingerprint density at radius 2 is 2.12 bits per heavy atom. The summed E-state index contributed by atoms with van der Waals surface area (Å²) in [5, 5.41) is 0. The van der Waals surface area contributed by atoms with E-state index in [4.69, 9.17) is 0 Å². The van der Waals surface area contributed by atoms with E-state index >= 15 is 0 Å². The van der Waals surface area contributed by atoms with Crippen molar-refractivity contribution in [3.05, 3.63) is 36.0 Å². The van der Waals surface area contributed by atoms with Crippen LogP contribution in [0, 0.1) is 17.3 Å². The average molecular weight is 232 g/mol. The highest BCUT2D eigenvalue weighted by Gasteiger charge is 2.39. The zero-order valence-corrected chi connectivity index (χ0v) is 11.7. The molecule has 0 saturated heterocycles. The van der Waals surface area contributed by atoms with Crippen LogP contribution in [0.3, 0.4) is 0 Å². The maximum atomic E-state index is 11.8. The van der Waals surface area contributed by atoms with E-state index in [1.165, 1.54) is 5.57 Å². The molecule has 1 aliphatic rings. The van der Waals surface area contributed by atoms with E-state index in [0.29, 0.717) is 5.92 Å². The molecule has 0 N–H and O–H groups in total. The van der Waals surface area contributed by atoms with Crippen LogP contribution in [0.5, 0.6) is 0 Å². The minimum Gasteiger partial charge on any atom is -0.295 e. The lowest BCUT2D eigenvalue weighted by atomic mass is 9.64. The number of hydrogen-bond donors (Lipinski definition) is 0. The van der Waals surface area contributed by atoms with Crippen LogP contribution in [0.25, 0.3) is 0 Å². The zero-order valence-electron chi connectivity index (χ0n) is 11.7. The number of ketones is 1. The van der Waals surface area contributed by atoms with Gasteiger partial charge in [0, 0.05) is 11.3 Å². The van der Waals surface area contributed by atoms with E-state index in [9.17, 15) is 4.79 Å². The molecule has 0 spiro atoms. The van der Waals surface area contributed by atoms with E-state index in [0.717, 1.165) is 6.42 Å². The minimum atomic E-state index is -0.0608. The van der Waals surface area contributed by atoms with Crippen LogP contribution in [0.4, 0.5) is 0 Å². The second kappa shape index (κ2) is 5.48. The molecule has 1 heteroatoms. The third kappa shape index (κ3) is 2.96. The van der Waals surface area contributed by atoms with Crippen LogP contribution >= 0.6 is 0 Å². The molecule has 0 fully saturated rings. The summed E-state index contributed by atoms with van der Waals surface area (Å²) in [6.45, 7) is 10.6. The molecule has 0 amide bonds. The lowest BCUT2D eigenvalue weighted by Crippen LogP contribution is -2.37. The Kier molecular flexibility index (Phi) is 4.50. The van der Waals surface area contributed by atoms with Crippen molar-refractivity contribution in [2.24, 2.45) is 17.3 Å². The Morgan fingerprint density at radius 3 is 2.71 bits per heavy atom. The quantitative estimate of drug-likeness (QED) is 0.662. The van der Waals surface area contributed by atoms with Crippen LogP contribution in [0.15, 0.2) is 36.0 Å². The Bertz CT molecular complexity index is 373. The van der Waals surface area contributed by atoms with Gasteiger partial charge in [-0.2, -0.15) is 0 Å². The van der Waals surface area contributed by atoms with Gasteiger partial charge in [0.1, 0.15) is 0 Å². The lowest BCUT2D eigenvalue weighted by molar-refractivity contribution is -0.121. The number of carbonyl (C=O) groups is 1. The molecule has 0 radical (unpaired) electrons. The van der Waals surface area contributed by atoms with Crippen LogP contribution in [-0.2, 0) is 4.79 Å². The van der Waals surface area contributed by atoms with Crippen LogP contribution in [-0.4, -0.2) is 5.78 Å². The molecular weight excluding hydrogens is 208 g/mol. The average Bonchev–Trinajstić information content (AvgIpc) is 2.30. The Labute approximate surface area is 105 Å². The second-order valence-electron chi connectivity index (χ2n) is 5.33. The first-order valence-electron chi connectivity index (χ1n) is 6.49. The van der Waals surface area contributed by atoms with Crippen molar-refractivity contribution in [1.29, 1.82) is 0 Å². The molecule has 3 unspecified atom stereocenters. The summed E-state index contributed by atoms with van der Waals surface area (Å²) >= 11 is 0. The molecule has 0 bridgehead atoms. The van der Waals surface area contributed by atoms with Crippen molar-refractivity contribution in [3.63, 3.8) is 0 Å². The maximum absolute atomic E-state index is 11.8. The zero-order chi connectivity index (χ0) is 13.1. The van der Waals surface area contributed by atoms with Crippen molar-refractivity contribution in [2.75, 3.05) is 0 Å². The maximum Gasteiger partial charge on any atom is 0.159 e. The highest BCUT2D eigenvalue weighted by Crippen LogP contribution is 2.41. The van der Waals surface area contributed by atoms with Gasteiger partial charge in [0.25, 0.3) is 0 Å². The van der Waals surface area contributed by atoms with Gasteiger partial charge in [-0.1, -0.05) is 57.6 Å². The van der Waals surface area contributed by atoms with E-state index < -0.39 is 0 Å². The van der Waals surface area contributed by atoms with Gasteiger partial charge in [-0.25, -0.2) is 0 Å². The molecule has 0 aromatic heterocycles. The van der Waals surface area contributed by atoms with Gasteiger partial charge in [-0.15, -0.1) is 0 Å². The first kappa shape index (κ1) is 14.0. The van der Waals surface area contributed by atoms with E-state index in [1.54, 1.807) is 6.08 Å². The van der Waals surface area contributed by atoms with E-state index in [-0.39, 0.29) is 17.1 Å². The first-order chi connectivity index (χ1) is 7.91. The molecule has 0 aromatic rings. The van der Waals surface area contributed by atoms with Crippen LogP contribution < -0.4 is 0 Å². The third-order valence-corrected chi connectivity index (χ3v) is 4.12. The van der Waals surface area contributed by atoms with Gasteiger partial charge >= 0.3 is 0 Å². The normalized spacial score (nSPS) is 34.6. The highest BCUT2D eigenvalue weighted by molar-refractivity contribution is 5.93. The van der Waals surface area contributed by atoms with Gasteiger partial charge in [0.2, 0.25) is 0 Å². The Balaban J connectivity index is 2.97. The number of carbonyl (C=O) groups excluding carboxylic acids is 1. The standard InChI is InChI=1S/C16H24O/c1-6-7-12(2)10-11-16(5)13(3)8-9-15(17)14(16)4/h7-11,13-14H,6H2,1-5H3/b11-10+,12-7+. The topological polar surface area (TPSA) is 17.1 Å². The Morgan fingerprint density at radius 1 is 1.47 bits per heavy atom. The summed E-state index contributed by atoms with van der Waals surface area (Å²) in [5.74, 6) is 0.710. The molecule has 3 atom stereocenters. The largest absolute Gasteiger partial charge is 0.295 e. The molecule has 1 nitrogen and oxygen atoms in total. The van der Waals surface area contributed by atoms with Gasteiger partial charge in [-0.3, -0.25) is 4.79 Å². The molecule has 0 aromatic carbocycles. The van der Waals surface area contributed by atoms with E-state index in [1.807, 2.05) is 13.0 Å². The predicted octanol–water partition coefficient (Wildman–Crippen LogP) is 4.32. The SMILES string of the molecule is CC/C=C(C)/C=C/C1(C)C(C)C=CC(=O)C1C. The fourth-order valence-electron chi connectivity index (χ4n) is 2.29. The summed E-state index contributed by atoms with van der Waals surface area (Å²) in [5.41, 5.74) is 1.21. The van der Waals surface area contributed by atoms with Crippen molar-refractivity contribution >= 4 is 5.78 Å². The fourth-order valence-corrected chi connectivity index (χ4v) is 2.29. The van der Waals surface area contributed by atoms with Crippen molar-refractivity contribution in [3.8, 4) is 0 Å². The van der Waals surface area contributed by atoms with Crippen LogP contribution in [0.2, 0.25) is 0 Å². The van der Waals surface area contributed by atoms with Crippen molar-refractivity contribution in [1.82, 2.24) is 0 Å². The molecule has 17 heavy (non-hydrogen) atoms. The molecule has 0 saturated carbocycles.